The fourth-order valence-corrected chi connectivity index (χ4v) is 3.31. The minimum atomic E-state index is 0.178. The lowest BCUT2D eigenvalue weighted by atomic mass is 10.1. The van der Waals surface area contributed by atoms with Crippen molar-refractivity contribution in [2.45, 2.75) is 13.8 Å². The topological polar surface area (TPSA) is 81.1 Å². The quantitative estimate of drug-likeness (QED) is 0.524. The van der Waals surface area contributed by atoms with E-state index in [0.29, 0.717) is 11.5 Å². The first-order valence-electron chi connectivity index (χ1n) is 8.56. The highest BCUT2D eigenvalue weighted by Crippen LogP contribution is 2.25. The first-order chi connectivity index (χ1) is 13.1. The molecule has 0 amide bonds. The Morgan fingerprint density at radius 3 is 2.70 bits per heavy atom. The Hall–Kier alpha value is -3.74. The van der Waals surface area contributed by atoms with Crippen LogP contribution in [-0.2, 0) is 0 Å². The van der Waals surface area contributed by atoms with Crippen LogP contribution in [0.15, 0.2) is 55.0 Å². The van der Waals surface area contributed by atoms with Gasteiger partial charge in [0.1, 0.15) is 12.1 Å². The molecule has 0 atom stereocenters. The Labute approximate surface area is 154 Å². The van der Waals surface area contributed by atoms with Crippen molar-refractivity contribution in [1.29, 1.82) is 0 Å². The van der Waals surface area contributed by atoms with Gasteiger partial charge >= 0.3 is 0 Å². The second-order valence-corrected chi connectivity index (χ2v) is 6.58. The maximum atomic E-state index is 9.71. The molecule has 0 bridgehead atoms. The van der Waals surface area contributed by atoms with Crippen LogP contribution in [0, 0.1) is 13.8 Å². The largest absolute Gasteiger partial charge is 0.508 e. The molecular weight excluding hydrogens is 340 g/mol. The van der Waals surface area contributed by atoms with E-state index in [4.69, 9.17) is 0 Å². The van der Waals surface area contributed by atoms with E-state index in [9.17, 15) is 5.11 Å². The molecule has 0 aliphatic carbocycles. The monoisotopic (exact) mass is 356 g/mol. The van der Waals surface area contributed by atoms with E-state index in [1.165, 1.54) is 5.56 Å². The van der Waals surface area contributed by atoms with Crippen LogP contribution < -0.4 is 0 Å². The molecular formula is C20H16N6O. The van der Waals surface area contributed by atoms with Crippen LogP contribution in [0.1, 0.15) is 11.1 Å². The highest BCUT2D eigenvalue weighted by molar-refractivity contribution is 5.90. The molecule has 1 N–H and O–H groups in total. The molecule has 0 aliphatic heterocycles. The molecule has 0 saturated carbocycles. The molecule has 5 rings (SSSR count). The zero-order valence-corrected chi connectivity index (χ0v) is 14.8. The maximum Gasteiger partial charge on any atom is 0.182 e. The average Bonchev–Trinajstić information content (AvgIpc) is 3.25. The number of benzene rings is 2. The van der Waals surface area contributed by atoms with Crippen LogP contribution in [-0.4, -0.2) is 34.5 Å². The predicted molar refractivity (Wildman–Crippen MR) is 102 cm³/mol. The zero-order chi connectivity index (χ0) is 18.5. The van der Waals surface area contributed by atoms with Crippen LogP contribution in [0.2, 0.25) is 0 Å². The fourth-order valence-electron chi connectivity index (χ4n) is 3.31. The van der Waals surface area contributed by atoms with Crippen molar-refractivity contribution < 1.29 is 5.11 Å². The molecule has 0 radical (unpaired) electrons. The second kappa shape index (κ2) is 5.63. The standard InChI is InChI=1S/C20H16N6O/c1-12-6-7-17(13(2)8-12)26-19-16(10-22-26)20-23-18(24-25(20)11-21-19)14-4-3-5-15(27)9-14/h3-11,27H,1-2H3. The van der Waals surface area contributed by atoms with Crippen molar-refractivity contribution in [2.75, 3.05) is 0 Å². The SMILES string of the molecule is Cc1ccc(-n2ncc3c2ncn2nc(-c4cccc(O)c4)nc32)c(C)c1. The number of aromatic nitrogens is 6. The summed E-state index contributed by atoms with van der Waals surface area (Å²) in [7, 11) is 0. The van der Waals surface area contributed by atoms with Gasteiger partial charge in [0.15, 0.2) is 17.1 Å². The Balaban J connectivity index is 1.71. The van der Waals surface area contributed by atoms with Crippen molar-refractivity contribution in [3.63, 3.8) is 0 Å². The van der Waals surface area contributed by atoms with Crippen molar-refractivity contribution in [3.8, 4) is 22.8 Å². The second-order valence-electron chi connectivity index (χ2n) is 6.58. The molecule has 0 saturated heterocycles. The maximum absolute atomic E-state index is 9.71. The summed E-state index contributed by atoms with van der Waals surface area (Å²) in [6.07, 6.45) is 3.40. The van der Waals surface area contributed by atoms with Gasteiger partial charge in [-0.25, -0.2) is 19.2 Å². The number of phenols is 1. The first-order valence-corrected chi connectivity index (χ1v) is 8.56. The van der Waals surface area contributed by atoms with Gasteiger partial charge in [-0.1, -0.05) is 29.8 Å². The van der Waals surface area contributed by atoms with Gasteiger partial charge in [-0.2, -0.15) is 5.10 Å². The number of rotatable bonds is 2. The van der Waals surface area contributed by atoms with E-state index in [-0.39, 0.29) is 5.75 Å². The molecule has 3 aromatic heterocycles. The lowest BCUT2D eigenvalue weighted by Crippen LogP contribution is -2.01. The summed E-state index contributed by atoms with van der Waals surface area (Å²) in [5.74, 6) is 0.705. The number of phenolic OH excluding ortho intramolecular Hbond substituents is 1. The molecule has 2 aromatic carbocycles. The van der Waals surface area contributed by atoms with Gasteiger partial charge in [0.05, 0.1) is 17.3 Å². The fraction of sp³-hybridized carbons (Fsp3) is 0.100. The molecule has 7 heteroatoms. The third kappa shape index (κ3) is 2.43. The summed E-state index contributed by atoms with van der Waals surface area (Å²) >= 11 is 0. The van der Waals surface area contributed by atoms with Crippen LogP contribution in [0.25, 0.3) is 33.8 Å². The number of nitrogens with zero attached hydrogens (tertiary/aromatic N) is 6. The molecule has 0 aliphatic rings. The summed E-state index contributed by atoms with van der Waals surface area (Å²) in [5.41, 5.74) is 5.47. The molecule has 0 spiro atoms. The van der Waals surface area contributed by atoms with E-state index < -0.39 is 0 Å². The Morgan fingerprint density at radius 2 is 1.89 bits per heavy atom. The van der Waals surface area contributed by atoms with Crippen LogP contribution in [0.5, 0.6) is 5.75 Å². The summed E-state index contributed by atoms with van der Waals surface area (Å²) in [6, 6.07) is 13.1. The van der Waals surface area contributed by atoms with Crippen molar-refractivity contribution in [3.05, 3.63) is 66.1 Å². The highest BCUT2D eigenvalue weighted by atomic mass is 16.3. The molecule has 3 heterocycles. The van der Waals surface area contributed by atoms with Crippen molar-refractivity contribution >= 4 is 16.7 Å². The van der Waals surface area contributed by atoms with Gasteiger partial charge in [0.2, 0.25) is 0 Å². The minimum absolute atomic E-state index is 0.178. The number of fused-ring (bicyclic) bond motifs is 3. The molecule has 27 heavy (non-hydrogen) atoms. The summed E-state index contributed by atoms with van der Waals surface area (Å²) in [5, 5.41) is 19.5. The van der Waals surface area contributed by atoms with Crippen LogP contribution >= 0.6 is 0 Å². The Bertz CT molecular complexity index is 1320. The normalized spacial score (nSPS) is 11.5. The molecule has 0 fully saturated rings. The lowest BCUT2D eigenvalue weighted by molar-refractivity contribution is 0.475. The number of aromatic hydroxyl groups is 1. The number of hydrogen-bond donors (Lipinski definition) is 1. The van der Waals surface area contributed by atoms with E-state index in [0.717, 1.165) is 27.8 Å². The van der Waals surface area contributed by atoms with E-state index >= 15 is 0 Å². The Kier molecular flexibility index (Phi) is 3.24. The summed E-state index contributed by atoms with van der Waals surface area (Å²) in [4.78, 5) is 9.19. The van der Waals surface area contributed by atoms with Crippen LogP contribution in [0.4, 0.5) is 0 Å². The van der Waals surface area contributed by atoms with E-state index in [1.54, 1.807) is 35.2 Å². The molecule has 5 aromatic rings. The van der Waals surface area contributed by atoms with Crippen molar-refractivity contribution in [1.82, 2.24) is 29.4 Å². The van der Waals surface area contributed by atoms with Crippen LogP contribution in [0.3, 0.4) is 0 Å². The number of aryl methyl sites for hydroxylation is 2. The molecule has 7 nitrogen and oxygen atoms in total. The van der Waals surface area contributed by atoms with Gasteiger partial charge in [0.25, 0.3) is 0 Å². The van der Waals surface area contributed by atoms with Gasteiger partial charge in [-0.05, 0) is 37.6 Å². The van der Waals surface area contributed by atoms with Gasteiger partial charge in [0, 0.05) is 5.56 Å². The van der Waals surface area contributed by atoms with Crippen molar-refractivity contribution in [2.24, 2.45) is 0 Å². The van der Waals surface area contributed by atoms with E-state index in [1.807, 2.05) is 16.8 Å². The molecule has 0 unspecified atom stereocenters. The molecule has 132 valence electrons. The van der Waals surface area contributed by atoms with Gasteiger partial charge in [-0.15, -0.1) is 5.10 Å². The first kappa shape index (κ1) is 15.5. The zero-order valence-electron chi connectivity index (χ0n) is 14.8. The van der Waals surface area contributed by atoms with Gasteiger partial charge in [-0.3, -0.25) is 0 Å². The lowest BCUT2D eigenvalue weighted by Gasteiger charge is -2.07. The Morgan fingerprint density at radius 1 is 1.00 bits per heavy atom. The summed E-state index contributed by atoms with van der Waals surface area (Å²) in [6.45, 7) is 4.13. The van der Waals surface area contributed by atoms with E-state index in [2.05, 4.69) is 46.1 Å². The highest BCUT2D eigenvalue weighted by Gasteiger charge is 2.15. The third-order valence-corrected chi connectivity index (χ3v) is 4.59. The predicted octanol–water partition coefficient (Wildman–Crippen LogP) is 3.45. The number of hydrogen-bond acceptors (Lipinski definition) is 5. The summed E-state index contributed by atoms with van der Waals surface area (Å²) < 4.78 is 3.46. The van der Waals surface area contributed by atoms with Gasteiger partial charge < -0.3 is 5.11 Å². The minimum Gasteiger partial charge on any atom is -0.508 e. The smallest absolute Gasteiger partial charge is 0.182 e. The average molecular weight is 356 g/mol. The third-order valence-electron chi connectivity index (χ3n) is 4.59.